The quantitative estimate of drug-likeness (QED) is 0.494. The zero-order chi connectivity index (χ0) is 22.5. The van der Waals surface area contributed by atoms with Crippen LogP contribution in [-0.2, 0) is 4.74 Å². The van der Waals surface area contributed by atoms with Crippen LogP contribution in [0.25, 0.3) is 0 Å². The van der Waals surface area contributed by atoms with Crippen molar-refractivity contribution < 1.29 is 22.6 Å². The Bertz CT molecular complexity index is 806. The predicted molar refractivity (Wildman–Crippen MR) is 117 cm³/mol. The van der Waals surface area contributed by atoms with Gasteiger partial charge in [-0.3, -0.25) is 9.89 Å². The van der Waals surface area contributed by atoms with Crippen molar-refractivity contribution in [2.24, 2.45) is 10.4 Å². The fourth-order valence-corrected chi connectivity index (χ4v) is 4.83. The molecule has 172 valence electrons. The van der Waals surface area contributed by atoms with Crippen molar-refractivity contribution in [2.45, 2.75) is 58.7 Å². The summed E-state index contributed by atoms with van der Waals surface area (Å²) in [6.07, 6.45) is 4.88. The second-order valence-corrected chi connectivity index (χ2v) is 9.32. The van der Waals surface area contributed by atoms with E-state index >= 15 is 0 Å². The Labute approximate surface area is 183 Å². The van der Waals surface area contributed by atoms with E-state index in [4.69, 9.17) is 4.74 Å². The molecule has 2 atom stereocenters. The highest BCUT2D eigenvalue weighted by molar-refractivity contribution is 6.01. The summed E-state index contributed by atoms with van der Waals surface area (Å²) < 4.78 is 50.2. The number of rotatable bonds is 8. The molecule has 0 radical (unpaired) electrons. The van der Waals surface area contributed by atoms with E-state index in [2.05, 4.69) is 21.6 Å². The first kappa shape index (κ1) is 23.8. The minimum atomic E-state index is -2.88. The summed E-state index contributed by atoms with van der Waals surface area (Å²) >= 11 is 0. The highest BCUT2D eigenvalue weighted by atomic mass is 19.3. The van der Waals surface area contributed by atoms with Gasteiger partial charge in [0.15, 0.2) is 0 Å². The van der Waals surface area contributed by atoms with Crippen molar-refractivity contribution in [1.82, 2.24) is 4.90 Å². The van der Waals surface area contributed by atoms with Gasteiger partial charge in [0.25, 0.3) is 0 Å². The summed E-state index contributed by atoms with van der Waals surface area (Å²) in [5, 5.41) is 0. The number of likely N-dealkylation sites (tertiary alicyclic amines) is 1. The lowest BCUT2D eigenvalue weighted by Gasteiger charge is -2.43. The van der Waals surface area contributed by atoms with Crippen LogP contribution in [0.4, 0.5) is 13.2 Å². The molecular weight excluding hydrogens is 405 g/mol. The number of hydrogen-bond donors (Lipinski definition) is 0. The molecule has 2 saturated heterocycles. The predicted octanol–water partition coefficient (Wildman–Crippen LogP) is 5.62. The number of alkyl halides is 3. The molecule has 2 aliphatic rings. The molecule has 2 aliphatic heterocycles. The van der Waals surface area contributed by atoms with Crippen molar-refractivity contribution >= 4 is 5.71 Å². The molecule has 0 aliphatic carbocycles. The van der Waals surface area contributed by atoms with Crippen LogP contribution in [0, 0.1) is 5.41 Å². The largest absolute Gasteiger partial charge is 0.434 e. The molecule has 0 aromatic heterocycles. The Hall–Kier alpha value is -1.86. The van der Waals surface area contributed by atoms with E-state index in [-0.39, 0.29) is 17.8 Å². The van der Waals surface area contributed by atoms with Gasteiger partial charge >= 0.3 is 6.61 Å². The first-order chi connectivity index (χ1) is 14.7. The minimum absolute atomic E-state index is 0.0638. The van der Waals surface area contributed by atoms with Gasteiger partial charge in [-0.25, -0.2) is 4.39 Å². The summed E-state index contributed by atoms with van der Waals surface area (Å²) in [4.78, 5) is 6.84. The lowest BCUT2D eigenvalue weighted by atomic mass is 9.73. The third kappa shape index (κ3) is 6.81. The Morgan fingerprint density at radius 3 is 2.77 bits per heavy atom. The average Bonchev–Trinajstić information content (AvgIpc) is 3.11. The number of ether oxygens (including phenoxy) is 2. The number of halogens is 3. The average molecular weight is 439 g/mol. The third-order valence-electron chi connectivity index (χ3n) is 6.10. The van der Waals surface area contributed by atoms with E-state index in [1.165, 1.54) is 6.07 Å². The maximum absolute atomic E-state index is 15.0. The minimum Gasteiger partial charge on any atom is -0.434 e. The highest BCUT2D eigenvalue weighted by Gasteiger charge is 2.43. The zero-order valence-electron chi connectivity index (χ0n) is 18.7. The lowest BCUT2D eigenvalue weighted by Crippen LogP contribution is -2.45. The van der Waals surface area contributed by atoms with Crippen LogP contribution in [0.15, 0.2) is 41.0 Å². The first-order valence-electron chi connectivity index (χ1n) is 10.9. The fraction of sp³-hybridized carbons (Fsp3) is 0.625. The van der Waals surface area contributed by atoms with Gasteiger partial charge in [-0.05, 0) is 62.8 Å². The van der Waals surface area contributed by atoms with E-state index in [9.17, 15) is 13.2 Å². The number of piperidine rings is 1. The molecule has 0 N–H and O–H groups in total. The number of benzene rings is 1. The van der Waals surface area contributed by atoms with Crippen molar-refractivity contribution in [2.75, 3.05) is 32.8 Å². The van der Waals surface area contributed by atoms with Gasteiger partial charge in [-0.15, -0.1) is 0 Å². The molecule has 1 aromatic carbocycles. The molecule has 7 heteroatoms. The standard InChI is InChI=1S/C24H33F3N2O2/c1-18(13-28-19(2)20-7-4-5-8-21(20)31-22(25)26)14-29-11-6-9-23(3,16-29)15-24(27)10-12-30-17-24/h4-5,7-8,13,22H,6,9-12,14-17H2,1-3H3/b18-13+,28-19?/t23-,24?/m1/s1. The van der Waals surface area contributed by atoms with Crippen LogP contribution in [0.3, 0.4) is 0 Å². The molecule has 1 aromatic rings. The molecule has 0 saturated carbocycles. The molecule has 0 spiro atoms. The zero-order valence-corrected chi connectivity index (χ0v) is 18.7. The Kier molecular flexibility index (Phi) is 7.81. The molecule has 4 nitrogen and oxygen atoms in total. The summed E-state index contributed by atoms with van der Waals surface area (Å²) in [7, 11) is 0. The van der Waals surface area contributed by atoms with Crippen molar-refractivity contribution in [3.8, 4) is 5.75 Å². The van der Waals surface area contributed by atoms with E-state index in [1.54, 1.807) is 31.3 Å². The highest BCUT2D eigenvalue weighted by Crippen LogP contribution is 2.41. The summed E-state index contributed by atoms with van der Waals surface area (Å²) in [6, 6.07) is 6.65. The molecule has 0 bridgehead atoms. The summed E-state index contributed by atoms with van der Waals surface area (Å²) in [5.74, 6) is 0.118. The number of nitrogens with zero attached hydrogens (tertiary/aromatic N) is 2. The van der Waals surface area contributed by atoms with Crippen molar-refractivity contribution in [3.05, 3.63) is 41.6 Å². The molecule has 2 heterocycles. The van der Waals surface area contributed by atoms with Gasteiger partial charge in [-0.2, -0.15) is 8.78 Å². The summed E-state index contributed by atoms with van der Waals surface area (Å²) in [6.45, 7) is 6.39. The van der Waals surface area contributed by atoms with E-state index in [0.29, 0.717) is 30.7 Å². The van der Waals surface area contributed by atoms with Crippen molar-refractivity contribution in [3.63, 3.8) is 0 Å². The van der Waals surface area contributed by atoms with Crippen LogP contribution in [0.5, 0.6) is 5.75 Å². The second-order valence-electron chi connectivity index (χ2n) is 9.32. The molecule has 3 rings (SSSR count). The number of para-hydroxylation sites is 1. The van der Waals surface area contributed by atoms with Crippen molar-refractivity contribution in [1.29, 1.82) is 0 Å². The molecule has 2 fully saturated rings. The van der Waals surface area contributed by atoms with E-state index in [1.807, 2.05) is 6.92 Å². The second kappa shape index (κ2) is 10.2. The lowest BCUT2D eigenvalue weighted by molar-refractivity contribution is -0.0499. The van der Waals surface area contributed by atoms with E-state index in [0.717, 1.165) is 38.0 Å². The Balaban J connectivity index is 1.62. The fourth-order valence-electron chi connectivity index (χ4n) is 4.83. The van der Waals surface area contributed by atoms with E-state index < -0.39 is 12.3 Å². The van der Waals surface area contributed by atoms with Crippen LogP contribution in [0.1, 0.15) is 52.0 Å². The third-order valence-corrected chi connectivity index (χ3v) is 6.10. The van der Waals surface area contributed by atoms with Crippen LogP contribution >= 0.6 is 0 Å². The first-order valence-corrected chi connectivity index (χ1v) is 10.9. The number of hydrogen-bond acceptors (Lipinski definition) is 4. The van der Waals surface area contributed by atoms with Gasteiger partial charge in [0.1, 0.15) is 11.4 Å². The van der Waals surface area contributed by atoms with Crippen LogP contribution in [0.2, 0.25) is 0 Å². The number of aliphatic imine (C=N–C) groups is 1. The van der Waals surface area contributed by atoms with Gasteiger partial charge in [0.05, 0.1) is 6.61 Å². The Morgan fingerprint density at radius 1 is 1.29 bits per heavy atom. The van der Waals surface area contributed by atoms with Gasteiger partial charge in [0, 0.05) is 43.6 Å². The topological polar surface area (TPSA) is 34.1 Å². The molecule has 31 heavy (non-hydrogen) atoms. The monoisotopic (exact) mass is 438 g/mol. The molecule has 0 amide bonds. The SMILES string of the molecule is CC(=N/C=C(\C)CN1CCC[C@](C)(CC2(F)CCOC2)C1)c1ccccc1OC(F)F. The van der Waals surface area contributed by atoms with Crippen LogP contribution in [-0.4, -0.2) is 55.7 Å². The maximum atomic E-state index is 15.0. The van der Waals surface area contributed by atoms with Gasteiger partial charge in [-0.1, -0.05) is 19.1 Å². The maximum Gasteiger partial charge on any atom is 0.387 e. The molecular formula is C24H33F3N2O2. The Morgan fingerprint density at radius 2 is 2.06 bits per heavy atom. The van der Waals surface area contributed by atoms with Crippen LogP contribution < -0.4 is 4.74 Å². The normalized spacial score (nSPS) is 28.4. The molecule has 1 unspecified atom stereocenters. The summed E-state index contributed by atoms with van der Waals surface area (Å²) in [5.41, 5.74) is 0.961. The van der Waals surface area contributed by atoms with Gasteiger partial charge in [0.2, 0.25) is 0 Å². The smallest absolute Gasteiger partial charge is 0.387 e. The van der Waals surface area contributed by atoms with Gasteiger partial charge < -0.3 is 9.47 Å².